The maximum atomic E-state index is 13.0. The molecule has 4 rings (SSSR count). The summed E-state index contributed by atoms with van der Waals surface area (Å²) in [7, 11) is 1.83. The molecule has 5 nitrogen and oxygen atoms in total. The molecule has 0 fully saturated rings. The van der Waals surface area contributed by atoms with E-state index < -0.39 is 0 Å². The van der Waals surface area contributed by atoms with E-state index in [1.807, 2.05) is 97.4 Å². The molecule has 0 aliphatic rings. The predicted molar refractivity (Wildman–Crippen MR) is 118 cm³/mol. The number of nitrogens with zero attached hydrogens (tertiary/aromatic N) is 3. The van der Waals surface area contributed by atoms with E-state index >= 15 is 0 Å². The Hall–Kier alpha value is -3.60. The lowest BCUT2D eigenvalue weighted by Gasteiger charge is -2.19. The van der Waals surface area contributed by atoms with Gasteiger partial charge in [-0.05, 0) is 36.2 Å². The molecular weight excluding hydrogens is 374 g/mol. The van der Waals surface area contributed by atoms with E-state index in [1.165, 1.54) is 0 Å². The normalized spacial score (nSPS) is 10.9. The van der Waals surface area contributed by atoms with E-state index in [1.54, 1.807) is 4.90 Å². The molecule has 0 N–H and O–H groups in total. The van der Waals surface area contributed by atoms with Crippen molar-refractivity contribution in [3.8, 4) is 5.75 Å². The Morgan fingerprint density at radius 3 is 2.47 bits per heavy atom. The maximum Gasteiger partial charge on any atom is 0.242 e. The molecule has 0 bridgehead atoms. The van der Waals surface area contributed by atoms with Gasteiger partial charge in [-0.25, -0.2) is 4.98 Å². The highest BCUT2D eigenvalue weighted by Crippen LogP contribution is 2.21. The van der Waals surface area contributed by atoms with Crippen molar-refractivity contribution in [1.82, 2.24) is 14.5 Å². The first kappa shape index (κ1) is 19.7. The molecule has 30 heavy (non-hydrogen) atoms. The van der Waals surface area contributed by atoms with Crippen LogP contribution in [0.4, 0.5) is 0 Å². The number of ether oxygens (including phenoxy) is 1. The van der Waals surface area contributed by atoms with E-state index in [2.05, 4.69) is 0 Å². The van der Waals surface area contributed by atoms with Crippen LogP contribution >= 0.6 is 0 Å². The molecular formula is C25H25N3O2. The Morgan fingerprint density at radius 2 is 1.67 bits per heavy atom. The van der Waals surface area contributed by atoms with Crippen molar-refractivity contribution in [2.45, 2.75) is 26.6 Å². The summed E-state index contributed by atoms with van der Waals surface area (Å²) in [6, 6.07) is 25.8. The number of amides is 1. The van der Waals surface area contributed by atoms with Crippen LogP contribution in [0.1, 0.15) is 17.0 Å². The van der Waals surface area contributed by atoms with Gasteiger partial charge in [0.05, 0.1) is 11.0 Å². The molecule has 1 amide bonds. The number of rotatable bonds is 7. The van der Waals surface area contributed by atoms with E-state index in [0.717, 1.165) is 33.7 Å². The molecule has 0 spiro atoms. The third-order valence-corrected chi connectivity index (χ3v) is 5.17. The molecule has 0 unspecified atom stereocenters. The predicted octanol–water partition coefficient (Wildman–Crippen LogP) is 4.58. The second-order valence-electron chi connectivity index (χ2n) is 7.39. The van der Waals surface area contributed by atoms with Crippen LogP contribution in [0.15, 0.2) is 78.9 Å². The molecule has 0 aliphatic heterocycles. The second-order valence-corrected chi connectivity index (χ2v) is 7.39. The minimum Gasteiger partial charge on any atom is -0.485 e. The number of aryl methyl sites for hydroxylation is 1. The summed E-state index contributed by atoms with van der Waals surface area (Å²) >= 11 is 0. The molecule has 4 aromatic rings. The van der Waals surface area contributed by atoms with Gasteiger partial charge in [0.25, 0.3) is 0 Å². The van der Waals surface area contributed by atoms with Gasteiger partial charge in [0, 0.05) is 13.6 Å². The van der Waals surface area contributed by atoms with E-state index in [-0.39, 0.29) is 12.5 Å². The summed E-state index contributed by atoms with van der Waals surface area (Å²) in [6.45, 7) is 3.10. The van der Waals surface area contributed by atoms with E-state index in [4.69, 9.17) is 9.72 Å². The number of carbonyl (C=O) groups excluding carboxylic acids is 1. The summed E-state index contributed by atoms with van der Waals surface area (Å²) in [5.74, 6) is 1.59. The van der Waals surface area contributed by atoms with Crippen molar-refractivity contribution in [2.75, 3.05) is 7.05 Å². The first-order chi connectivity index (χ1) is 14.6. The van der Waals surface area contributed by atoms with Gasteiger partial charge < -0.3 is 14.2 Å². The van der Waals surface area contributed by atoms with Gasteiger partial charge in [-0.2, -0.15) is 0 Å². The fraction of sp³-hybridized carbons (Fsp3) is 0.200. The number of hydrogen-bond acceptors (Lipinski definition) is 3. The molecule has 0 radical (unpaired) electrons. The van der Waals surface area contributed by atoms with Crippen molar-refractivity contribution < 1.29 is 9.53 Å². The quantitative estimate of drug-likeness (QED) is 0.457. The van der Waals surface area contributed by atoms with Gasteiger partial charge in [-0.1, -0.05) is 60.7 Å². The Kier molecular flexibility index (Phi) is 5.80. The number of imidazole rings is 1. The zero-order chi connectivity index (χ0) is 20.9. The highest BCUT2D eigenvalue weighted by Gasteiger charge is 2.17. The van der Waals surface area contributed by atoms with Crippen LogP contribution in [0.25, 0.3) is 11.0 Å². The molecule has 0 atom stereocenters. The van der Waals surface area contributed by atoms with Gasteiger partial charge >= 0.3 is 0 Å². The highest BCUT2D eigenvalue weighted by molar-refractivity contribution is 5.81. The summed E-state index contributed by atoms with van der Waals surface area (Å²) < 4.78 is 7.98. The average molecular weight is 399 g/mol. The van der Waals surface area contributed by atoms with Gasteiger partial charge in [0.15, 0.2) is 0 Å². The zero-order valence-electron chi connectivity index (χ0n) is 17.3. The van der Waals surface area contributed by atoms with Crippen molar-refractivity contribution in [2.24, 2.45) is 0 Å². The van der Waals surface area contributed by atoms with Gasteiger partial charge in [0.1, 0.15) is 24.7 Å². The molecule has 0 aliphatic carbocycles. The molecule has 152 valence electrons. The van der Waals surface area contributed by atoms with Crippen LogP contribution in [-0.2, 0) is 24.5 Å². The van der Waals surface area contributed by atoms with Crippen LogP contribution in [0.2, 0.25) is 0 Å². The molecule has 5 heteroatoms. The topological polar surface area (TPSA) is 47.4 Å². The lowest BCUT2D eigenvalue weighted by molar-refractivity contribution is -0.131. The van der Waals surface area contributed by atoms with Gasteiger partial charge in [-0.3, -0.25) is 4.79 Å². The minimum atomic E-state index is 0.0270. The Balaban J connectivity index is 1.55. The number of fused-ring (bicyclic) bond motifs is 1. The number of aromatic nitrogens is 2. The van der Waals surface area contributed by atoms with E-state index in [9.17, 15) is 4.79 Å². The molecule has 0 saturated heterocycles. The van der Waals surface area contributed by atoms with Crippen LogP contribution < -0.4 is 4.74 Å². The maximum absolute atomic E-state index is 13.0. The highest BCUT2D eigenvalue weighted by atomic mass is 16.5. The fourth-order valence-electron chi connectivity index (χ4n) is 3.47. The third-order valence-electron chi connectivity index (χ3n) is 5.17. The first-order valence-electron chi connectivity index (χ1n) is 10.0. The number of carbonyl (C=O) groups is 1. The van der Waals surface area contributed by atoms with Gasteiger partial charge in [-0.15, -0.1) is 0 Å². The number of likely N-dealkylation sites (N-methyl/N-ethyl adjacent to an activating group) is 1. The van der Waals surface area contributed by atoms with Crippen LogP contribution in [-0.4, -0.2) is 27.4 Å². The fourth-order valence-corrected chi connectivity index (χ4v) is 3.47. The van der Waals surface area contributed by atoms with Crippen molar-refractivity contribution >= 4 is 16.9 Å². The monoisotopic (exact) mass is 399 g/mol. The standard InChI is InChI=1S/C25H25N3O2/c1-19-10-6-9-15-23(19)30-18-24-26-21-13-7-8-14-22(21)28(24)17-25(29)27(2)16-20-11-4-3-5-12-20/h3-15H,16-18H2,1-2H3. The third kappa shape index (κ3) is 4.35. The van der Waals surface area contributed by atoms with Crippen molar-refractivity contribution in [3.63, 3.8) is 0 Å². The summed E-state index contributed by atoms with van der Waals surface area (Å²) in [5, 5.41) is 0. The number of hydrogen-bond donors (Lipinski definition) is 0. The Labute approximate surface area is 176 Å². The van der Waals surface area contributed by atoms with Crippen LogP contribution in [0.5, 0.6) is 5.75 Å². The van der Waals surface area contributed by atoms with Crippen molar-refractivity contribution in [1.29, 1.82) is 0 Å². The Morgan fingerprint density at radius 1 is 0.967 bits per heavy atom. The first-order valence-corrected chi connectivity index (χ1v) is 10.0. The minimum absolute atomic E-state index is 0.0270. The summed E-state index contributed by atoms with van der Waals surface area (Å²) in [5.41, 5.74) is 3.97. The summed E-state index contributed by atoms with van der Waals surface area (Å²) in [6.07, 6.45) is 0. The summed E-state index contributed by atoms with van der Waals surface area (Å²) in [4.78, 5) is 19.4. The van der Waals surface area contributed by atoms with Crippen LogP contribution in [0, 0.1) is 6.92 Å². The number of benzene rings is 3. The smallest absolute Gasteiger partial charge is 0.242 e. The number of para-hydroxylation sites is 3. The zero-order valence-corrected chi connectivity index (χ0v) is 17.3. The lowest BCUT2D eigenvalue weighted by atomic mass is 10.2. The SMILES string of the molecule is Cc1ccccc1OCc1nc2ccccc2n1CC(=O)N(C)Cc1ccccc1. The van der Waals surface area contributed by atoms with E-state index in [0.29, 0.717) is 13.2 Å². The molecule has 1 aromatic heterocycles. The second kappa shape index (κ2) is 8.82. The van der Waals surface area contributed by atoms with Gasteiger partial charge in [0.2, 0.25) is 5.91 Å². The molecule has 0 saturated carbocycles. The molecule has 3 aromatic carbocycles. The van der Waals surface area contributed by atoms with Crippen molar-refractivity contribution in [3.05, 3.63) is 95.8 Å². The lowest BCUT2D eigenvalue weighted by Crippen LogP contribution is -2.30. The molecule has 1 heterocycles. The average Bonchev–Trinajstić information content (AvgIpc) is 3.11. The van der Waals surface area contributed by atoms with Crippen LogP contribution in [0.3, 0.4) is 0 Å². The largest absolute Gasteiger partial charge is 0.485 e. The Bertz CT molecular complexity index is 1150.